The summed E-state index contributed by atoms with van der Waals surface area (Å²) in [5.74, 6) is -0.187. The van der Waals surface area contributed by atoms with Gasteiger partial charge in [-0.3, -0.25) is 9.59 Å². The summed E-state index contributed by atoms with van der Waals surface area (Å²) in [6.45, 7) is 2.70. The molecule has 1 heterocycles. The highest BCUT2D eigenvalue weighted by Gasteiger charge is 2.35. The van der Waals surface area contributed by atoms with E-state index in [9.17, 15) is 9.59 Å². The summed E-state index contributed by atoms with van der Waals surface area (Å²) < 4.78 is 12.1. The molecule has 2 aromatic rings. The van der Waals surface area contributed by atoms with Crippen LogP contribution in [0.25, 0.3) is 0 Å². The number of halogens is 2. The number of esters is 1. The van der Waals surface area contributed by atoms with Gasteiger partial charge in [0.25, 0.3) is 0 Å². The number of rotatable bonds is 3. The first-order valence-electron chi connectivity index (χ1n) is 7.64. The minimum absolute atomic E-state index is 0.264. The molecule has 0 saturated heterocycles. The van der Waals surface area contributed by atoms with Crippen LogP contribution in [-0.2, 0) is 14.3 Å². The van der Waals surface area contributed by atoms with Crippen molar-refractivity contribution in [1.29, 1.82) is 0 Å². The average molecular weight is 485 g/mol. The fourth-order valence-corrected chi connectivity index (χ4v) is 3.17. The second-order valence-corrected chi connectivity index (χ2v) is 7.21. The summed E-state index contributed by atoms with van der Waals surface area (Å²) in [6.07, 6.45) is -0.842. The number of benzene rings is 2. The zero-order chi connectivity index (χ0) is 18.8. The van der Waals surface area contributed by atoms with Gasteiger partial charge >= 0.3 is 5.97 Å². The molecule has 0 aliphatic carbocycles. The van der Waals surface area contributed by atoms with Crippen LogP contribution in [0.15, 0.2) is 47.6 Å². The Hall–Kier alpha value is -2.13. The molecule has 134 valence electrons. The van der Waals surface area contributed by atoms with Crippen LogP contribution < -0.4 is 4.74 Å². The van der Waals surface area contributed by atoms with Gasteiger partial charge in [0, 0.05) is 28.0 Å². The van der Waals surface area contributed by atoms with Gasteiger partial charge in [0.2, 0.25) is 18.0 Å². The van der Waals surface area contributed by atoms with Crippen molar-refractivity contribution >= 4 is 52.0 Å². The Morgan fingerprint density at radius 3 is 2.65 bits per heavy atom. The number of carbonyl (C=O) groups is 2. The number of amides is 1. The Morgan fingerprint density at radius 2 is 2.00 bits per heavy atom. The predicted octanol–water partition coefficient (Wildman–Crippen LogP) is 4.11. The van der Waals surface area contributed by atoms with Crippen molar-refractivity contribution in [3.05, 3.63) is 62.2 Å². The molecule has 0 unspecified atom stereocenters. The Morgan fingerprint density at radius 1 is 1.23 bits per heavy atom. The normalized spacial score (nSPS) is 16.1. The van der Waals surface area contributed by atoms with Gasteiger partial charge in [0.05, 0.1) is 5.56 Å². The van der Waals surface area contributed by atoms with Crippen LogP contribution in [0.3, 0.4) is 0 Å². The van der Waals surface area contributed by atoms with Crippen molar-refractivity contribution in [2.45, 2.75) is 20.1 Å². The lowest BCUT2D eigenvalue weighted by Crippen LogP contribution is -2.26. The molecule has 0 N–H and O–H groups in total. The first-order chi connectivity index (χ1) is 12.3. The Bertz CT molecular complexity index is 916. The standard InChI is InChI=1S/C18H14ClIN2O4/c1-10(23)22-18(15-9-14(20)6-7-16(15)25-11(2)24)26-17(21-22)12-4-3-5-13(19)8-12/h3-9,18H,1-2H3/t18-/m0/s1. The fourth-order valence-electron chi connectivity index (χ4n) is 2.47. The number of nitrogens with zero attached hydrogens (tertiary/aromatic N) is 2. The van der Waals surface area contributed by atoms with Gasteiger partial charge in [-0.05, 0) is 59.0 Å². The molecular formula is C18H14ClIN2O4. The summed E-state index contributed by atoms with van der Waals surface area (Å²) in [7, 11) is 0. The molecule has 0 bridgehead atoms. The highest BCUT2D eigenvalue weighted by molar-refractivity contribution is 14.1. The minimum atomic E-state index is -0.842. The Balaban J connectivity index is 2.02. The van der Waals surface area contributed by atoms with E-state index in [1.165, 1.54) is 18.9 Å². The molecule has 0 radical (unpaired) electrons. The monoisotopic (exact) mass is 484 g/mol. The molecule has 0 saturated carbocycles. The topological polar surface area (TPSA) is 68.2 Å². The largest absolute Gasteiger partial charge is 0.446 e. The van der Waals surface area contributed by atoms with Gasteiger partial charge in [0.15, 0.2) is 0 Å². The Kier molecular flexibility index (Phi) is 5.47. The third kappa shape index (κ3) is 3.99. The molecule has 0 fully saturated rings. The first-order valence-corrected chi connectivity index (χ1v) is 9.09. The molecule has 1 aliphatic rings. The molecule has 2 aromatic carbocycles. The van der Waals surface area contributed by atoms with E-state index in [0.29, 0.717) is 21.9 Å². The maximum Gasteiger partial charge on any atom is 0.308 e. The SMILES string of the molecule is CC(=O)Oc1ccc(I)cc1[C@@H]1OC(c2cccc(Cl)c2)=NN1C(C)=O. The molecular weight excluding hydrogens is 471 g/mol. The van der Waals surface area contributed by atoms with Crippen molar-refractivity contribution in [1.82, 2.24) is 5.01 Å². The third-order valence-electron chi connectivity index (χ3n) is 3.53. The molecule has 1 atom stereocenters. The van der Waals surface area contributed by atoms with Gasteiger partial charge in [-0.15, -0.1) is 5.10 Å². The van der Waals surface area contributed by atoms with E-state index in [0.717, 1.165) is 3.57 Å². The number of hydrazone groups is 1. The van der Waals surface area contributed by atoms with Crippen LogP contribution in [0.1, 0.15) is 31.2 Å². The number of hydrogen-bond acceptors (Lipinski definition) is 5. The van der Waals surface area contributed by atoms with Crippen LogP contribution >= 0.6 is 34.2 Å². The summed E-state index contributed by atoms with van der Waals surface area (Å²) in [5, 5.41) is 6.03. The quantitative estimate of drug-likeness (QED) is 0.374. The predicted molar refractivity (Wildman–Crippen MR) is 105 cm³/mol. The lowest BCUT2D eigenvalue weighted by Gasteiger charge is -2.21. The van der Waals surface area contributed by atoms with E-state index in [1.54, 1.807) is 42.5 Å². The van der Waals surface area contributed by atoms with E-state index in [-0.39, 0.29) is 11.8 Å². The van der Waals surface area contributed by atoms with Gasteiger partial charge < -0.3 is 9.47 Å². The van der Waals surface area contributed by atoms with Crippen LogP contribution in [0.2, 0.25) is 5.02 Å². The van der Waals surface area contributed by atoms with Gasteiger partial charge in [-0.2, -0.15) is 5.01 Å². The average Bonchev–Trinajstić information content (AvgIpc) is 3.01. The molecule has 6 nitrogen and oxygen atoms in total. The van der Waals surface area contributed by atoms with E-state index >= 15 is 0 Å². The molecule has 0 spiro atoms. The van der Waals surface area contributed by atoms with E-state index in [4.69, 9.17) is 21.1 Å². The lowest BCUT2D eigenvalue weighted by atomic mass is 10.1. The molecule has 1 amide bonds. The zero-order valence-corrected chi connectivity index (χ0v) is 16.8. The second kappa shape index (κ2) is 7.63. The van der Waals surface area contributed by atoms with E-state index in [1.807, 2.05) is 0 Å². The van der Waals surface area contributed by atoms with Gasteiger partial charge in [0.1, 0.15) is 5.75 Å². The van der Waals surface area contributed by atoms with Crippen molar-refractivity contribution < 1.29 is 19.1 Å². The number of carbonyl (C=O) groups excluding carboxylic acids is 2. The second-order valence-electron chi connectivity index (χ2n) is 5.53. The summed E-state index contributed by atoms with van der Waals surface area (Å²) >= 11 is 8.16. The molecule has 3 rings (SSSR count). The van der Waals surface area contributed by atoms with Crippen LogP contribution in [0, 0.1) is 3.57 Å². The maximum atomic E-state index is 12.1. The number of ether oxygens (including phenoxy) is 2. The highest BCUT2D eigenvalue weighted by Crippen LogP contribution is 2.36. The van der Waals surface area contributed by atoms with Crippen LogP contribution in [-0.4, -0.2) is 22.8 Å². The van der Waals surface area contributed by atoms with Gasteiger partial charge in [-0.1, -0.05) is 17.7 Å². The molecule has 1 aliphatic heterocycles. The van der Waals surface area contributed by atoms with Crippen LogP contribution in [0.5, 0.6) is 5.75 Å². The highest BCUT2D eigenvalue weighted by atomic mass is 127. The minimum Gasteiger partial charge on any atom is -0.446 e. The lowest BCUT2D eigenvalue weighted by molar-refractivity contribution is -0.135. The summed E-state index contributed by atoms with van der Waals surface area (Å²) in [6, 6.07) is 12.2. The number of hydrogen-bond donors (Lipinski definition) is 0. The first kappa shape index (κ1) is 18.7. The molecule has 8 heteroatoms. The fraction of sp³-hybridized carbons (Fsp3) is 0.167. The summed E-state index contributed by atoms with van der Waals surface area (Å²) in [5.41, 5.74) is 1.17. The zero-order valence-electron chi connectivity index (χ0n) is 13.9. The smallest absolute Gasteiger partial charge is 0.308 e. The van der Waals surface area contributed by atoms with Crippen molar-refractivity contribution in [2.75, 3.05) is 0 Å². The van der Waals surface area contributed by atoms with Crippen LogP contribution in [0.4, 0.5) is 0 Å². The van der Waals surface area contributed by atoms with E-state index < -0.39 is 12.2 Å². The maximum absolute atomic E-state index is 12.1. The van der Waals surface area contributed by atoms with E-state index in [2.05, 4.69) is 27.7 Å². The summed E-state index contributed by atoms with van der Waals surface area (Å²) in [4.78, 5) is 23.5. The molecule has 0 aromatic heterocycles. The van der Waals surface area contributed by atoms with Gasteiger partial charge in [-0.25, -0.2) is 0 Å². The van der Waals surface area contributed by atoms with Crippen molar-refractivity contribution in [2.24, 2.45) is 5.10 Å². The molecule has 26 heavy (non-hydrogen) atoms. The Labute approximate surface area is 168 Å². The van der Waals surface area contributed by atoms with Crippen molar-refractivity contribution in [3.63, 3.8) is 0 Å². The third-order valence-corrected chi connectivity index (χ3v) is 4.44. The van der Waals surface area contributed by atoms with Crippen molar-refractivity contribution in [3.8, 4) is 5.75 Å².